The van der Waals surface area contributed by atoms with E-state index in [2.05, 4.69) is 15.5 Å². The molecule has 10 heteroatoms. The molecule has 1 heterocycles. The molecule has 0 fully saturated rings. The number of anilines is 1. The van der Waals surface area contributed by atoms with Crippen molar-refractivity contribution in [2.75, 3.05) is 25.8 Å². The summed E-state index contributed by atoms with van der Waals surface area (Å²) in [6.45, 7) is 0. The maximum Gasteiger partial charge on any atom is 0.322 e. The fourth-order valence-electron chi connectivity index (χ4n) is 2.56. The van der Waals surface area contributed by atoms with Gasteiger partial charge in [-0.1, -0.05) is 17.2 Å². The first-order chi connectivity index (χ1) is 13.8. The van der Waals surface area contributed by atoms with E-state index >= 15 is 0 Å². The molecule has 152 valence electrons. The summed E-state index contributed by atoms with van der Waals surface area (Å²) in [4.78, 5) is 12.8. The Hall–Kier alpha value is -3.40. The van der Waals surface area contributed by atoms with Crippen molar-refractivity contribution in [3.05, 3.63) is 59.5 Å². The van der Waals surface area contributed by atoms with Gasteiger partial charge in [-0.2, -0.15) is 0 Å². The molecule has 3 rings (SSSR count). The number of sulfone groups is 1. The van der Waals surface area contributed by atoms with Gasteiger partial charge in [-0.15, -0.1) is 5.10 Å². The molecular weight excluding hydrogens is 398 g/mol. The Kier molecular flexibility index (Phi) is 5.83. The van der Waals surface area contributed by atoms with E-state index < -0.39 is 15.7 Å². The summed E-state index contributed by atoms with van der Waals surface area (Å²) >= 11 is 0. The van der Waals surface area contributed by atoms with Crippen LogP contribution in [0, 0.1) is 0 Å². The second-order valence-corrected chi connectivity index (χ2v) is 8.13. The molecule has 1 N–H and O–H groups in total. The van der Waals surface area contributed by atoms with E-state index in [0.29, 0.717) is 11.5 Å². The Balaban J connectivity index is 1.71. The summed E-state index contributed by atoms with van der Waals surface area (Å²) in [6, 6.07) is 11.1. The van der Waals surface area contributed by atoms with Crippen LogP contribution in [0.2, 0.25) is 0 Å². The number of rotatable bonds is 7. The SMILES string of the molecule is COc1ccc(OC)c(C(=O)Nc2nnc(Cc3ccc(S(C)(=O)=O)cc3)o2)c1. The highest BCUT2D eigenvalue weighted by Gasteiger charge is 2.17. The van der Waals surface area contributed by atoms with Gasteiger partial charge in [0.1, 0.15) is 11.5 Å². The number of carbonyl (C=O) groups is 1. The fourth-order valence-corrected chi connectivity index (χ4v) is 3.19. The molecule has 0 saturated carbocycles. The van der Waals surface area contributed by atoms with Gasteiger partial charge in [0.25, 0.3) is 5.91 Å². The zero-order chi connectivity index (χ0) is 21.0. The summed E-state index contributed by atoms with van der Waals surface area (Å²) < 4.78 is 38.8. The van der Waals surface area contributed by atoms with E-state index in [4.69, 9.17) is 13.9 Å². The summed E-state index contributed by atoms with van der Waals surface area (Å²) in [6.07, 6.45) is 1.43. The minimum atomic E-state index is -3.26. The predicted octanol–water partition coefficient (Wildman–Crippen LogP) is 2.33. The number of nitrogens with zero attached hydrogens (tertiary/aromatic N) is 2. The molecule has 0 spiro atoms. The van der Waals surface area contributed by atoms with Crippen LogP contribution in [0.1, 0.15) is 21.8 Å². The van der Waals surface area contributed by atoms with E-state index in [1.165, 1.54) is 32.4 Å². The van der Waals surface area contributed by atoms with Gasteiger partial charge in [-0.05, 0) is 35.9 Å². The lowest BCUT2D eigenvalue weighted by Crippen LogP contribution is -2.13. The van der Waals surface area contributed by atoms with Crippen LogP contribution in [0.3, 0.4) is 0 Å². The quantitative estimate of drug-likeness (QED) is 0.622. The molecule has 0 aliphatic carbocycles. The first-order valence-corrected chi connectivity index (χ1v) is 10.3. The number of hydrogen-bond acceptors (Lipinski definition) is 8. The number of carbonyl (C=O) groups excluding carboxylic acids is 1. The van der Waals surface area contributed by atoms with Gasteiger partial charge in [0.05, 0.1) is 31.1 Å². The first-order valence-electron chi connectivity index (χ1n) is 8.45. The molecular formula is C19H19N3O6S. The van der Waals surface area contributed by atoms with E-state index in [9.17, 15) is 13.2 Å². The Morgan fingerprint density at radius 1 is 1.07 bits per heavy atom. The molecule has 0 unspecified atom stereocenters. The molecule has 9 nitrogen and oxygen atoms in total. The number of nitrogens with one attached hydrogen (secondary N) is 1. The zero-order valence-electron chi connectivity index (χ0n) is 16.0. The maximum atomic E-state index is 12.5. The molecule has 0 radical (unpaired) electrons. The molecule has 0 saturated heterocycles. The number of ether oxygens (including phenoxy) is 2. The van der Waals surface area contributed by atoms with Crippen LogP contribution in [-0.4, -0.2) is 45.0 Å². The smallest absolute Gasteiger partial charge is 0.322 e. The Morgan fingerprint density at radius 3 is 2.41 bits per heavy atom. The van der Waals surface area contributed by atoms with E-state index in [1.807, 2.05) is 0 Å². The second kappa shape index (κ2) is 8.31. The van der Waals surface area contributed by atoms with Crippen molar-refractivity contribution in [1.29, 1.82) is 0 Å². The van der Waals surface area contributed by atoms with Gasteiger partial charge in [0.15, 0.2) is 9.84 Å². The Bertz CT molecular complexity index is 1120. The normalized spacial score (nSPS) is 11.1. The summed E-state index contributed by atoms with van der Waals surface area (Å²) in [5.41, 5.74) is 1.04. The molecule has 1 amide bonds. The van der Waals surface area contributed by atoms with Crippen LogP contribution in [0.5, 0.6) is 11.5 Å². The molecule has 3 aromatic rings. The van der Waals surface area contributed by atoms with Gasteiger partial charge in [-0.25, -0.2) is 8.42 Å². The highest BCUT2D eigenvalue weighted by molar-refractivity contribution is 7.90. The number of benzene rings is 2. The average Bonchev–Trinajstić information content (AvgIpc) is 3.13. The minimum absolute atomic E-state index is 0.0670. The third-order valence-corrected chi connectivity index (χ3v) is 5.17. The molecule has 1 aromatic heterocycles. The van der Waals surface area contributed by atoms with Crippen molar-refractivity contribution < 1.29 is 27.1 Å². The second-order valence-electron chi connectivity index (χ2n) is 6.11. The number of amides is 1. The topological polar surface area (TPSA) is 121 Å². The molecule has 0 bridgehead atoms. The fraction of sp³-hybridized carbons (Fsp3) is 0.211. The van der Waals surface area contributed by atoms with E-state index in [0.717, 1.165) is 11.8 Å². The number of hydrogen-bond donors (Lipinski definition) is 1. The van der Waals surface area contributed by atoms with Crippen LogP contribution >= 0.6 is 0 Å². The van der Waals surface area contributed by atoms with Crippen molar-refractivity contribution in [2.45, 2.75) is 11.3 Å². The molecule has 0 aliphatic heterocycles. The van der Waals surface area contributed by atoms with Gasteiger partial charge >= 0.3 is 6.01 Å². The summed E-state index contributed by atoms with van der Waals surface area (Å²) in [5.74, 6) is 0.646. The van der Waals surface area contributed by atoms with Crippen molar-refractivity contribution in [3.8, 4) is 11.5 Å². The molecule has 2 aromatic carbocycles. The largest absolute Gasteiger partial charge is 0.497 e. The van der Waals surface area contributed by atoms with Crippen molar-refractivity contribution in [1.82, 2.24) is 10.2 Å². The van der Waals surface area contributed by atoms with Crippen molar-refractivity contribution in [3.63, 3.8) is 0 Å². The van der Waals surface area contributed by atoms with Gasteiger partial charge < -0.3 is 13.9 Å². The Morgan fingerprint density at radius 2 is 1.79 bits per heavy atom. The lowest BCUT2D eigenvalue weighted by molar-refractivity contribution is 0.102. The molecule has 0 atom stereocenters. The van der Waals surface area contributed by atoms with Gasteiger partial charge in [-0.3, -0.25) is 10.1 Å². The van der Waals surface area contributed by atoms with Crippen LogP contribution in [0.4, 0.5) is 6.01 Å². The Labute approximate surface area is 167 Å². The maximum absolute atomic E-state index is 12.5. The van der Waals surface area contributed by atoms with Crippen LogP contribution in [0.25, 0.3) is 0 Å². The third-order valence-electron chi connectivity index (χ3n) is 4.05. The van der Waals surface area contributed by atoms with E-state index in [1.54, 1.807) is 24.3 Å². The lowest BCUT2D eigenvalue weighted by Gasteiger charge is -2.09. The van der Waals surface area contributed by atoms with Crippen molar-refractivity contribution >= 4 is 21.8 Å². The molecule has 29 heavy (non-hydrogen) atoms. The highest BCUT2D eigenvalue weighted by Crippen LogP contribution is 2.25. The first kappa shape index (κ1) is 20.3. The average molecular weight is 417 g/mol. The minimum Gasteiger partial charge on any atom is -0.497 e. The summed E-state index contributed by atoms with van der Waals surface area (Å²) in [7, 11) is -0.304. The summed E-state index contributed by atoms with van der Waals surface area (Å²) in [5, 5.41) is 10.2. The zero-order valence-corrected chi connectivity index (χ0v) is 16.8. The number of aromatic nitrogens is 2. The van der Waals surface area contributed by atoms with Crippen LogP contribution < -0.4 is 14.8 Å². The van der Waals surface area contributed by atoms with Crippen LogP contribution in [0.15, 0.2) is 51.8 Å². The van der Waals surface area contributed by atoms with E-state index in [-0.39, 0.29) is 28.8 Å². The third kappa shape index (κ3) is 4.91. The standard InChI is InChI=1S/C19H19N3O6S/c1-26-13-6-9-16(27-2)15(11-13)18(23)20-19-22-21-17(28-19)10-12-4-7-14(8-5-12)29(3,24)25/h4-9,11H,10H2,1-3H3,(H,20,22,23). The highest BCUT2D eigenvalue weighted by atomic mass is 32.2. The monoisotopic (exact) mass is 417 g/mol. The van der Waals surface area contributed by atoms with Crippen molar-refractivity contribution in [2.24, 2.45) is 0 Å². The number of methoxy groups -OCH3 is 2. The predicted molar refractivity (Wildman–Crippen MR) is 104 cm³/mol. The van der Waals surface area contributed by atoms with Crippen LogP contribution in [-0.2, 0) is 16.3 Å². The molecule has 0 aliphatic rings. The lowest BCUT2D eigenvalue weighted by atomic mass is 10.1. The van der Waals surface area contributed by atoms with Gasteiger partial charge in [0.2, 0.25) is 5.89 Å². The van der Waals surface area contributed by atoms with Gasteiger partial charge in [0, 0.05) is 6.26 Å².